The quantitative estimate of drug-likeness (QED) is 0.768. The maximum absolute atomic E-state index is 12.4. The lowest BCUT2D eigenvalue weighted by atomic mass is 10.0. The van der Waals surface area contributed by atoms with E-state index in [4.69, 9.17) is 4.74 Å². The number of hydrogen-bond acceptors (Lipinski definition) is 3. The second-order valence-electron chi connectivity index (χ2n) is 4.42. The molecule has 3 heteroatoms. The lowest BCUT2D eigenvalue weighted by molar-refractivity contribution is 0.0982. The fourth-order valence-electron chi connectivity index (χ4n) is 2.14. The number of ketones is 1. The molecule has 1 aliphatic rings. The van der Waals surface area contributed by atoms with Gasteiger partial charge in [0.25, 0.3) is 0 Å². The number of hydrogen-bond donors (Lipinski definition) is 0. The second kappa shape index (κ2) is 5.58. The molecule has 92 valence electrons. The first-order chi connectivity index (χ1) is 8.22. The van der Waals surface area contributed by atoms with Crippen molar-refractivity contribution in [3.05, 3.63) is 29.3 Å². The van der Waals surface area contributed by atoms with Crippen LogP contribution in [0.15, 0.2) is 18.2 Å². The third kappa shape index (κ3) is 2.83. The second-order valence-corrected chi connectivity index (χ2v) is 5.73. The van der Waals surface area contributed by atoms with Gasteiger partial charge in [0.1, 0.15) is 5.75 Å². The van der Waals surface area contributed by atoms with Gasteiger partial charge >= 0.3 is 0 Å². The van der Waals surface area contributed by atoms with Crippen molar-refractivity contribution in [2.24, 2.45) is 0 Å². The highest BCUT2D eigenvalue weighted by Gasteiger charge is 2.25. The van der Waals surface area contributed by atoms with Crippen molar-refractivity contribution in [3.8, 4) is 5.75 Å². The zero-order valence-electron chi connectivity index (χ0n) is 10.4. The minimum atomic E-state index is 0.124. The minimum Gasteiger partial charge on any atom is -0.496 e. The molecule has 0 radical (unpaired) electrons. The van der Waals surface area contributed by atoms with Crippen molar-refractivity contribution in [3.63, 3.8) is 0 Å². The molecule has 1 atom stereocenters. The van der Waals surface area contributed by atoms with Crippen LogP contribution in [0.5, 0.6) is 5.75 Å². The van der Waals surface area contributed by atoms with Gasteiger partial charge in [-0.25, -0.2) is 0 Å². The number of aryl methyl sites for hydroxylation is 1. The standard InChI is InChI=1S/C14H18O2S/c1-10-6-7-12(16-2)11(9-10)14(15)13-5-3-4-8-17-13/h6-7,9,13H,3-5,8H2,1-2H3. The highest BCUT2D eigenvalue weighted by Crippen LogP contribution is 2.31. The average Bonchev–Trinajstić information content (AvgIpc) is 2.39. The first kappa shape index (κ1) is 12.5. The molecule has 1 aromatic carbocycles. The predicted molar refractivity (Wildman–Crippen MR) is 72.2 cm³/mol. The molecule has 0 spiro atoms. The van der Waals surface area contributed by atoms with Gasteiger partial charge < -0.3 is 4.74 Å². The van der Waals surface area contributed by atoms with Crippen LogP contribution in [0.1, 0.15) is 35.2 Å². The first-order valence-corrected chi connectivity index (χ1v) is 7.07. The number of methoxy groups -OCH3 is 1. The zero-order valence-corrected chi connectivity index (χ0v) is 11.2. The summed E-state index contributed by atoms with van der Waals surface area (Å²) in [7, 11) is 1.62. The fourth-order valence-corrected chi connectivity index (χ4v) is 3.40. The Labute approximate surface area is 107 Å². The molecule has 1 saturated heterocycles. The first-order valence-electron chi connectivity index (χ1n) is 6.03. The summed E-state index contributed by atoms with van der Waals surface area (Å²) in [4.78, 5) is 12.4. The Morgan fingerprint density at radius 2 is 2.24 bits per heavy atom. The van der Waals surface area contributed by atoms with E-state index in [0.717, 1.165) is 29.7 Å². The number of benzene rings is 1. The third-order valence-electron chi connectivity index (χ3n) is 3.09. The highest BCUT2D eigenvalue weighted by atomic mass is 32.2. The minimum absolute atomic E-state index is 0.124. The Bertz CT molecular complexity index is 409. The zero-order chi connectivity index (χ0) is 12.3. The van der Waals surface area contributed by atoms with E-state index >= 15 is 0 Å². The van der Waals surface area contributed by atoms with E-state index in [0.29, 0.717) is 5.75 Å². The monoisotopic (exact) mass is 250 g/mol. The largest absolute Gasteiger partial charge is 0.496 e. The molecule has 0 N–H and O–H groups in total. The Morgan fingerprint density at radius 3 is 2.88 bits per heavy atom. The molecule has 0 aromatic heterocycles. The van der Waals surface area contributed by atoms with Gasteiger partial charge in [-0.1, -0.05) is 18.1 Å². The topological polar surface area (TPSA) is 26.3 Å². The Morgan fingerprint density at radius 1 is 1.41 bits per heavy atom. The summed E-state index contributed by atoms with van der Waals surface area (Å²) >= 11 is 1.79. The van der Waals surface area contributed by atoms with Crippen LogP contribution < -0.4 is 4.74 Å². The van der Waals surface area contributed by atoms with Gasteiger partial charge in [0.2, 0.25) is 0 Å². The van der Waals surface area contributed by atoms with E-state index in [1.807, 2.05) is 25.1 Å². The Hall–Kier alpha value is -0.960. The maximum atomic E-state index is 12.4. The van der Waals surface area contributed by atoms with Crippen LogP contribution in [-0.2, 0) is 0 Å². The van der Waals surface area contributed by atoms with Crippen LogP contribution in [0.3, 0.4) is 0 Å². The lowest BCUT2D eigenvalue weighted by Crippen LogP contribution is -2.21. The van der Waals surface area contributed by atoms with Crippen molar-refractivity contribution >= 4 is 17.5 Å². The third-order valence-corrected chi connectivity index (χ3v) is 4.47. The molecular formula is C14H18O2S. The normalized spacial score (nSPS) is 20.0. The number of carbonyl (C=O) groups is 1. The van der Waals surface area contributed by atoms with Crippen LogP contribution in [0, 0.1) is 6.92 Å². The molecule has 0 amide bonds. The number of carbonyl (C=O) groups excluding carboxylic acids is 1. The van der Waals surface area contributed by atoms with Crippen molar-refractivity contribution in [2.75, 3.05) is 12.9 Å². The van der Waals surface area contributed by atoms with Crippen molar-refractivity contribution < 1.29 is 9.53 Å². The van der Waals surface area contributed by atoms with Crippen LogP contribution in [0.2, 0.25) is 0 Å². The number of ether oxygens (including phenoxy) is 1. The number of thioether (sulfide) groups is 1. The summed E-state index contributed by atoms with van der Waals surface area (Å²) in [5.41, 5.74) is 1.85. The number of Topliss-reactive ketones (excluding diaryl/α,β-unsaturated/α-hetero) is 1. The van der Waals surface area contributed by atoms with Gasteiger partial charge in [-0.3, -0.25) is 4.79 Å². The summed E-state index contributed by atoms with van der Waals surface area (Å²) in [6.07, 6.45) is 3.40. The fraction of sp³-hybridized carbons (Fsp3) is 0.500. The van der Waals surface area contributed by atoms with E-state index in [2.05, 4.69) is 0 Å². The lowest BCUT2D eigenvalue weighted by Gasteiger charge is -2.21. The van der Waals surface area contributed by atoms with Crippen molar-refractivity contribution in [2.45, 2.75) is 31.4 Å². The van der Waals surface area contributed by atoms with Gasteiger partial charge in [-0.05, 0) is 37.7 Å². The Kier molecular flexibility index (Phi) is 4.11. The summed E-state index contributed by atoms with van der Waals surface area (Å²) in [6, 6.07) is 5.80. The molecule has 1 fully saturated rings. The van der Waals surface area contributed by atoms with E-state index in [1.54, 1.807) is 18.9 Å². The predicted octanol–water partition coefficient (Wildman–Crippen LogP) is 3.47. The van der Waals surface area contributed by atoms with Crippen LogP contribution in [-0.4, -0.2) is 23.9 Å². The molecule has 2 nitrogen and oxygen atoms in total. The van der Waals surface area contributed by atoms with Gasteiger partial charge in [0, 0.05) is 0 Å². The molecule has 1 heterocycles. The van der Waals surface area contributed by atoms with Crippen molar-refractivity contribution in [1.82, 2.24) is 0 Å². The van der Waals surface area contributed by atoms with E-state index in [1.165, 1.54) is 6.42 Å². The maximum Gasteiger partial charge on any atom is 0.179 e. The molecule has 1 aromatic rings. The van der Waals surface area contributed by atoms with Gasteiger partial charge in [0.05, 0.1) is 17.9 Å². The molecule has 1 unspecified atom stereocenters. The SMILES string of the molecule is COc1ccc(C)cc1C(=O)C1CCCCS1. The van der Waals surface area contributed by atoms with Crippen LogP contribution in [0.25, 0.3) is 0 Å². The highest BCUT2D eigenvalue weighted by molar-refractivity contribution is 8.00. The summed E-state index contributed by atoms with van der Waals surface area (Å²) in [5, 5.41) is 0.124. The molecule has 0 aliphatic carbocycles. The van der Waals surface area contributed by atoms with Gasteiger partial charge in [-0.2, -0.15) is 11.8 Å². The van der Waals surface area contributed by atoms with E-state index in [9.17, 15) is 4.79 Å². The van der Waals surface area contributed by atoms with Crippen LogP contribution >= 0.6 is 11.8 Å². The number of rotatable bonds is 3. The van der Waals surface area contributed by atoms with Crippen LogP contribution in [0.4, 0.5) is 0 Å². The van der Waals surface area contributed by atoms with Gasteiger partial charge in [-0.15, -0.1) is 0 Å². The van der Waals surface area contributed by atoms with Crippen molar-refractivity contribution in [1.29, 1.82) is 0 Å². The molecule has 2 rings (SSSR count). The smallest absolute Gasteiger partial charge is 0.179 e. The van der Waals surface area contributed by atoms with E-state index < -0.39 is 0 Å². The summed E-state index contributed by atoms with van der Waals surface area (Å²) in [5.74, 6) is 2.03. The Balaban J connectivity index is 2.25. The molecule has 17 heavy (non-hydrogen) atoms. The molecule has 0 saturated carbocycles. The van der Waals surface area contributed by atoms with Gasteiger partial charge in [0.15, 0.2) is 5.78 Å². The van der Waals surface area contributed by atoms with E-state index in [-0.39, 0.29) is 11.0 Å². The molecule has 0 bridgehead atoms. The molecule has 1 aliphatic heterocycles. The summed E-state index contributed by atoms with van der Waals surface area (Å²) in [6.45, 7) is 2.00. The summed E-state index contributed by atoms with van der Waals surface area (Å²) < 4.78 is 5.28. The molecular weight excluding hydrogens is 232 g/mol. The average molecular weight is 250 g/mol.